The molecule has 2 aromatic heterocycles. The van der Waals surface area contributed by atoms with E-state index < -0.39 is 41.9 Å². The van der Waals surface area contributed by atoms with Crippen LogP contribution >= 0.6 is 0 Å². The van der Waals surface area contributed by atoms with Gasteiger partial charge in [0.25, 0.3) is 11.8 Å². The van der Waals surface area contributed by atoms with Gasteiger partial charge in [-0.3, -0.25) is 33.6 Å². The van der Waals surface area contributed by atoms with E-state index in [4.69, 9.17) is 19.9 Å². The second-order valence-electron chi connectivity index (χ2n) is 17.8. The number of benzene rings is 2. The van der Waals surface area contributed by atoms with Gasteiger partial charge < -0.3 is 30.2 Å². The van der Waals surface area contributed by atoms with Gasteiger partial charge in [0.05, 0.1) is 41.4 Å². The third-order valence-corrected chi connectivity index (χ3v) is 13.7. The largest absolute Gasteiger partial charge is 0.496 e. The number of nitrogens with one attached hydrogen (secondary N) is 2. The second-order valence-corrected chi connectivity index (χ2v) is 17.8. The Bertz CT molecular complexity index is 2550. The molecule has 340 valence electrons. The molecule has 64 heavy (non-hydrogen) atoms. The highest BCUT2D eigenvalue weighted by Gasteiger charge is 2.42. The molecule has 4 amide bonds. The second kappa shape index (κ2) is 19.5. The van der Waals surface area contributed by atoms with Crippen LogP contribution in [0.25, 0.3) is 21.8 Å². The van der Waals surface area contributed by atoms with Crippen molar-refractivity contribution >= 4 is 45.4 Å². The maximum Gasteiger partial charge on any atom is 0.329 e. The van der Waals surface area contributed by atoms with Gasteiger partial charge in [0, 0.05) is 68.5 Å². The average molecular weight is 880 g/mol. The Morgan fingerprint density at radius 2 is 1.80 bits per heavy atom. The number of rotatable bonds is 14. The summed E-state index contributed by atoms with van der Waals surface area (Å²) in [4.78, 5) is 69.2. The lowest BCUT2D eigenvalue weighted by atomic mass is 9.81. The monoisotopic (exact) mass is 879 g/mol. The highest BCUT2D eigenvalue weighted by molar-refractivity contribution is 6.03. The highest BCUT2D eigenvalue weighted by atomic mass is 19.1. The van der Waals surface area contributed by atoms with Crippen molar-refractivity contribution in [1.82, 2.24) is 29.7 Å². The lowest BCUT2D eigenvalue weighted by Crippen LogP contribution is -2.44. The van der Waals surface area contributed by atoms with Gasteiger partial charge in [-0.1, -0.05) is 30.9 Å². The topological polar surface area (TPSA) is 189 Å². The maximum atomic E-state index is 14.5. The van der Waals surface area contributed by atoms with Crippen LogP contribution in [0.2, 0.25) is 0 Å². The molecular weight excluding hydrogens is 822 g/mol. The van der Waals surface area contributed by atoms with Crippen LogP contribution in [0.4, 0.5) is 4.39 Å². The number of likely N-dealkylation sites (tertiary alicyclic amines) is 1. The number of hydrogen-bond donors (Lipinski definition) is 3. The summed E-state index contributed by atoms with van der Waals surface area (Å²) < 4.78 is 35.5. The zero-order valence-electron chi connectivity index (χ0n) is 36.8. The molecule has 0 radical (unpaired) electrons. The third-order valence-electron chi connectivity index (χ3n) is 13.7. The first-order valence-electron chi connectivity index (χ1n) is 22.7. The van der Waals surface area contributed by atoms with E-state index in [-0.39, 0.29) is 53.8 Å². The molecule has 1 aliphatic carbocycles. The number of halogens is 1. The summed E-state index contributed by atoms with van der Waals surface area (Å²) >= 11 is 0. The lowest BCUT2D eigenvalue weighted by molar-refractivity contribution is -0.135. The van der Waals surface area contributed by atoms with Crippen LogP contribution in [-0.4, -0.2) is 101 Å². The standard InChI is InChI=1S/C48H58FN7O8/c1-4-33-37(52-46(60)42(33)49)27-64-47-35-24-40(62-3)36(44(50)58)23-34(35)31(25-51-47)15-14-28-10-12-29(13-11-28)26-55-20-18-32(19-21-55)63-22-6-8-30-7-5-9-38-43(30)54(2)48(61)56(38)39-16-17-41(57)53-45(39)59/h5,7,9,23-25,28-29,32-33,37,39,42H,4,6,8,10-13,16-22,26-27H2,1-3H3,(H2,50,58)(H,52,60)(H,53,57,59)/t28-,29-,33-,37+,39?,42-/m0/s1. The first-order valence-corrected chi connectivity index (χ1v) is 22.7. The first kappa shape index (κ1) is 44.8. The third kappa shape index (κ3) is 9.37. The molecule has 0 bridgehead atoms. The predicted molar refractivity (Wildman–Crippen MR) is 238 cm³/mol. The molecule has 15 nitrogen and oxygen atoms in total. The van der Waals surface area contributed by atoms with E-state index in [1.54, 1.807) is 29.9 Å². The van der Waals surface area contributed by atoms with E-state index in [0.717, 1.165) is 82.1 Å². The number of nitrogens with zero attached hydrogens (tertiary/aromatic N) is 4. The Labute approximate surface area is 371 Å². The molecule has 3 saturated heterocycles. The molecule has 4 atom stereocenters. The number of primary amides is 1. The van der Waals surface area contributed by atoms with Gasteiger partial charge in [0.2, 0.25) is 17.7 Å². The number of nitrogens with two attached hydrogens (primary N) is 1. The number of carbonyl (C=O) groups excluding carboxylic acids is 4. The van der Waals surface area contributed by atoms with Crippen molar-refractivity contribution < 1.29 is 37.8 Å². The van der Waals surface area contributed by atoms with E-state index in [1.165, 1.54) is 11.7 Å². The summed E-state index contributed by atoms with van der Waals surface area (Å²) in [5.41, 5.74) is 8.86. The number of piperidine rings is 2. The quantitative estimate of drug-likeness (QED) is 0.0926. The fourth-order valence-corrected chi connectivity index (χ4v) is 10.2. The number of fused-ring (bicyclic) bond motifs is 2. The number of hydrogen-bond acceptors (Lipinski definition) is 10. The maximum absolute atomic E-state index is 14.5. The molecule has 1 unspecified atom stereocenters. The van der Waals surface area contributed by atoms with Crippen LogP contribution in [0, 0.1) is 29.6 Å². The molecule has 5 heterocycles. The number of para-hydroxylation sites is 1. The van der Waals surface area contributed by atoms with Crippen LogP contribution in [0.15, 0.2) is 41.3 Å². The number of imidazole rings is 1. The summed E-state index contributed by atoms with van der Waals surface area (Å²) in [6.07, 6.45) is 8.96. The molecule has 0 spiro atoms. The predicted octanol–water partition coefficient (Wildman–Crippen LogP) is 4.49. The summed E-state index contributed by atoms with van der Waals surface area (Å²) in [7, 11) is 3.19. The Balaban J connectivity index is 0.809. The molecular formula is C48H58FN7O8. The van der Waals surface area contributed by atoms with Gasteiger partial charge in [-0.05, 0) is 93.9 Å². The minimum atomic E-state index is -1.58. The zero-order chi connectivity index (χ0) is 45.1. The van der Waals surface area contributed by atoms with Crippen molar-refractivity contribution in [1.29, 1.82) is 0 Å². The number of aryl methyl sites for hydroxylation is 2. The van der Waals surface area contributed by atoms with Gasteiger partial charge >= 0.3 is 5.69 Å². The highest BCUT2D eigenvalue weighted by Crippen LogP contribution is 2.35. The van der Waals surface area contributed by atoms with Crippen molar-refractivity contribution in [3.05, 3.63) is 63.7 Å². The van der Waals surface area contributed by atoms with E-state index >= 15 is 0 Å². The molecule has 4 aromatic rings. The summed E-state index contributed by atoms with van der Waals surface area (Å²) in [6, 6.07) is 7.92. The Kier molecular flexibility index (Phi) is 13.7. The van der Waals surface area contributed by atoms with Gasteiger partial charge in [-0.2, -0.15) is 0 Å². The number of aromatic nitrogens is 3. The van der Waals surface area contributed by atoms with E-state index in [2.05, 4.69) is 32.4 Å². The number of imide groups is 1. The van der Waals surface area contributed by atoms with Crippen LogP contribution < -0.4 is 31.5 Å². The van der Waals surface area contributed by atoms with Crippen LogP contribution in [0.3, 0.4) is 0 Å². The Morgan fingerprint density at radius 1 is 1.02 bits per heavy atom. The molecule has 4 fully saturated rings. The number of pyridine rings is 1. The van der Waals surface area contributed by atoms with Crippen LogP contribution in [0.1, 0.15) is 98.7 Å². The number of alkyl halides is 1. The fraction of sp³-hybridized carbons (Fsp3) is 0.542. The van der Waals surface area contributed by atoms with Crippen molar-refractivity contribution in [2.24, 2.45) is 30.5 Å². The van der Waals surface area contributed by atoms with Gasteiger partial charge in [0.1, 0.15) is 18.4 Å². The molecule has 1 saturated carbocycles. The van der Waals surface area contributed by atoms with Crippen molar-refractivity contribution in [3.63, 3.8) is 0 Å². The molecule has 4 N–H and O–H groups in total. The van der Waals surface area contributed by atoms with Gasteiger partial charge in [-0.25, -0.2) is 14.2 Å². The van der Waals surface area contributed by atoms with E-state index in [9.17, 15) is 28.4 Å². The normalized spacial score (nSPS) is 24.3. The van der Waals surface area contributed by atoms with Crippen LogP contribution in [0.5, 0.6) is 11.6 Å². The minimum Gasteiger partial charge on any atom is -0.496 e. The lowest BCUT2D eigenvalue weighted by Gasteiger charge is -2.36. The number of ether oxygens (including phenoxy) is 3. The van der Waals surface area contributed by atoms with E-state index in [0.29, 0.717) is 47.2 Å². The number of amides is 4. The van der Waals surface area contributed by atoms with Crippen molar-refractivity contribution in [3.8, 4) is 23.5 Å². The number of methoxy groups -OCH3 is 1. The average Bonchev–Trinajstić information content (AvgIpc) is 3.72. The summed E-state index contributed by atoms with van der Waals surface area (Å²) in [5, 5.41) is 6.28. The summed E-state index contributed by atoms with van der Waals surface area (Å²) in [6.45, 7) is 5.57. The minimum absolute atomic E-state index is 0.0332. The fourth-order valence-electron chi connectivity index (χ4n) is 10.2. The summed E-state index contributed by atoms with van der Waals surface area (Å²) in [5.74, 6) is 5.68. The SMILES string of the molecule is CC[C@@H]1[C@H](F)C(=O)N[C@@H]1COc1ncc(C#C[C@H]2CC[C@H](CN3CCC(OCCCc4cccc5c4n(C)c(=O)n5C4CCC(=O)NC4=O)CC3)CC2)c2cc(C(N)=O)c(OC)cc12. The molecule has 2 aromatic carbocycles. The first-order chi connectivity index (χ1) is 30.9. The van der Waals surface area contributed by atoms with Gasteiger partial charge in [-0.15, -0.1) is 0 Å². The molecule has 4 aliphatic rings. The molecule has 8 rings (SSSR count). The zero-order valence-corrected chi connectivity index (χ0v) is 36.8. The Morgan fingerprint density at radius 3 is 2.52 bits per heavy atom. The van der Waals surface area contributed by atoms with E-state index in [1.807, 2.05) is 25.1 Å². The van der Waals surface area contributed by atoms with Crippen molar-refractivity contribution in [2.75, 3.05) is 40.0 Å². The smallest absolute Gasteiger partial charge is 0.329 e. The van der Waals surface area contributed by atoms with Gasteiger partial charge in [0.15, 0.2) is 6.17 Å². The molecule has 16 heteroatoms. The van der Waals surface area contributed by atoms with Crippen LogP contribution in [-0.2, 0) is 32.6 Å². The molecule has 3 aliphatic heterocycles. The van der Waals surface area contributed by atoms with Crippen molar-refractivity contribution in [2.45, 2.75) is 102 Å². The Hall–Kier alpha value is -5.79. The number of carbonyl (C=O) groups is 4.